The molecule has 120 valence electrons. The molecule has 0 saturated carbocycles. The van der Waals surface area contributed by atoms with Crippen molar-refractivity contribution in [3.63, 3.8) is 0 Å². The first-order valence-corrected chi connectivity index (χ1v) is 8.40. The van der Waals surface area contributed by atoms with E-state index in [1.54, 1.807) is 14.0 Å². The Morgan fingerprint density at radius 2 is 2.10 bits per heavy atom. The third kappa shape index (κ3) is 5.19. The Hall–Kier alpha value is -0.730. The van der Waals surface area contributed by atoms with Crippen LogP contribution in [0.1, 0.15) is 19.4 Å². The van der Waals surface area contributed by atoms with Crippen LogP contribution in [0.4, 0.5) is 4.39 Å². The van der Waals surface area contributed by atoms with E-state index in [2.05, 4.69) is 10.0 Å². The average molecular weight is 339 g/mol. The van der Waals surface area contributed by atoms with Gasteiger partial charge in [-0.2, -0.15) is 0 Å². The monoisotopic (exact) mass is 338 g/mol. The summed E-state index contributed by atoms with van der Waals surface area (Å²) in [7, 11) is -2.16. The van der Waals surface area contributed by atoms with Gasteiger partial charge in [0, 0.05) is 19.2 Å². The summed E-state index contributed by atoms with van der Waals surface area (Å²) in [6.45, 7) is 4.50. The Morgan fingerprint density at radius 3 is 2.67 bits per heavy atom. The lowest BCUT2D eigenvalue weighted by Gasteiger charge is -2.15. The second-order valence-corrected chi connectivity index (χ2v) is 6.68. The maximum Gasteiger partial charge on any atom is 0.241 e. The summed E-state index contributed by atoms with van der Waals surface area (Å²) in [6.07, 6.45) is 0. The SMILES string of the molecule is CCOCC(C)NS(=O)(=O)c1cc(F)c(Cl)c(CNC)c1. The zero-order valence-electron chi connectivity index (χ0n) is 12.2. The van der Waals surface area contributed by atoms with Gasteiger partial charge in [-0.05, 0) is 38.6 Å². The Morgan fingerprint density at radius 1 is 1.43 bits per heavy atom. The summed E-state index contributed by atoms with van der Waals surface area (Å²) in [5, 5.41) is 2.73. The van der Waals surface area contributed by atoms with Gasteiger partial charge >= 0.3 is 0 Å². The lowest BCUT2D eigenvalue weighted by molar-refractivity contribution is 0.133. The Balaban J connectivity index is 3.02. The Labute approximate surface area is 129 Å². The van der Waals surface area contributed by atoms with Gasteiger partial charge in [-0.15, -0.1) is 0 Å². The van der Waals surface area contributed by atoms with Crippen molar-refractivity contribution in [2.45, 2.75) is 31.3 Å². The van der Waals surface area contributed by atoms with Crippen LogP contribution in [-0.2, 0) is 21.3 Å². The highest BCUT2D eigenvalue weighted by atomic mass is 35.5. The maximum absolute atomic E-state index is 13.8. The van der Waals surface area contributed by atoms with Crippen LogP contribution in [0.2, 0.25) is 5.02 Å². The molecule has 1 rings (SSSR count). The summed E-state index contributed by atoms with van der Waals surface area (Å²) >= 11 is 5.82. The molecule has 0 amide bonds. The lowest BCUT2D eigenvalue weighted by atomic mass is 10.2. The van der Waals surface area contributed by atoms with E-state index in [0.29, 0.717) is 12.2 Å². The van der Waals surface area contributed by atoms with E-state index in [4.69, 9.17) is 16.3 Å². The molecule has 1 aromatic carbocycles. The first-order chi connectivity index (χ1) is 9.81. The van der Waals surface area contributed by atoms with Crippen LogP contribution in [0.25, 0.3) is 0 Å². The van der Waals surface area contributed by atoms with Crippen molar-refractivity contribution in [3.05, 3.63) is 28.5 Å². The number of nitrogens with one attached hydrogen (secondary N) is 2. The average Bonchev–Trinajstić information content (AvgIpc) is 2.41. The molecule has 1 aromatic rings. The number of sulfonamides is 1. The van der Waals surface area contributed by atoms with Crippen LogP contribution in [0.5, 0.6) is 0 Å². The second kappa shape index (κ2) is 8.05. The highest BCUT2D eigenvalue weighted by Crippen LogP contribution is 2.24. The minimum atomic E-state index is -3.83. The number of hydrogen-bond acceptors (Lipinski definition) is 4. The lowest BCUT2D eigenvalue weighted by Crippen LogP contribution is -2.36. The molecule has 0 aliphatic carbocycles. The molecule has 8 heteroatoms. The molecule has 0 bridgehead atoms. The van der Waals surface area contributed by atoms with Crippen LogP contribution in [0.15, 0.2) is 17.0 Å². The minimum Gasteiger partial charge on any atom is -0.380 e. The molecule has 0 fully saturated rings. The van der Waals surface area contributed by atoms with Crippen molar-refractivity contribution >= 4 is 21.6 Å². The molecule has 0 spiro atoms. The molecule has 5 nitrogen and oxygen atoms in total. The van der Waals surface area contributed by atoms with E-state index >= 15 is 0 Å². The van der Waals surface area contributed by atoms with Crippen LogP contribution >= 0.6 is 11.6 Å². The predicted molar refractivity (Wildman–Crippen MR) is 80.5 cm³/mol. The number of ether oxygens (including phenoxy) is 1. The van der Waals surface area contributed by atoms with E-state index < -0.39 is 21.9 Å². The van der Waals surface area contributed by atoms with Gasteiger partial charge < -0.3 is 10.1 Å². The van der Waals surface area contributed by atoms with Crippen LogP contribution in [-0.4, -0.2) is 34.7 Å². The second-order valence-electron chi connectivity index (χ2n) is 4.59. The molecule has 21 heavy (non-hydrogen) atoms. The third-order valence-electron chi connectivity index (χ3n) is 2.68. The van der Waals surface area contributed by atoms with Crippen molar-refractivity contribution < 1.29 is 17.5 Å². The first-order valence-electron chi connectivity index (χ1n) is 6.54. The number of halogens is 2. The topological polar surface area (TPSA) is 67.4 Å². The molecular formula is C13H20ClFN2O3S. The van der Waals surface area contributed by atoms with E-state index in [-0.39, 0.29) is 23.1 Å². The number of rotatable bonds is 8. The minimum absolute atomic E-state index is 0.0781. The van der Waals surface area contributed by atoms with Gasteiger partial charge in [0.2, 0.25) is 10.0 Å². The molecule has 1 atom stereocenters. The molecule has 1 unspecified atom stereocenters. The Kier molecular flexibility index (Phi) is 7.02. The molecule has 0 heterocycles. The van der Waals surface area contributed by atoms with Crippen molar-refractivity contribution in [3.8, 4) is 0 Å². The van der Waals surface area contributed by atoms with Crippen LogP contribution in [0, 0.1) is 5.82 Å². The van der Waals surface area contributed by atoms with Gasteiger partial charge in [-0.25, -0.2) is 17.5 Å². The van der Waals surface area contributed by atoms with E-state index in [9.17, 15) is 12.8 Å². The highest BCUT2D eigenvalue weighted by molar-refractivity contribution is 7.89. The predicted octanol–water partition coefficient (Wildman–Crippen LogP) is 1.90. The normalized spacial score (nSPS) is 13.4. The quantitative estimate of drug-likeness (QED) is 0.759. The van der Waals surface area contributed by atoms with Crippen molar-refractivity contribution in [2.24, 2.45) is 0 Å². The summed E-state index contributed by atoms with van der Waals surface area (Å²) in [6, 6.07) is 1.86. The smallest absolute Gasteiger partial charge is 0.241 e. The van der Waals surface area contributed by atoms with E-state index in [1.165, 1.54) is 6.07 Å². The van der Waals surface area contributed by atoms with Gasteiger partial charge in [0.15, 0.2) is 0 Å². The van der Waals surface area contributed by atoms with Crippen LogP contribution in [0.3, 0.4) is 0 Å². The zero-order chi connectivity index (χ0) is 16.0. The summed E-state index contributed by atoms with van der Waals surface area (Å²) in [4.78, 5) is -0.155. The highest BCUT2D eigenvalue weighted by Gasteiger charge is 2.21. The number of hydrogen-bond donors (Lipinski definition) is 2. The Bertz CT molecular complexity index is 581. The fourth-order valence-corrected chi connectivity index (χ4v) is 3.22. The fraction of sp³-hybridized carbons (Fsp3) is 0.538. The largest absolute Gasteiger partial charge is 0.380 e. The molecule has 0 saturated heterocycles. The fourth-order valence-electron chi connectivity index (χ4n) is 1.75. The van der Waals surface area contributed by atoms with E-state index in [1.807, 2.05) is 6.92 Å². The summed E-state index contributed by atoms with van der Waals surface area (Å²) in [5.41, 5.74) is 0.386. The van der Waals surface area contributed by atoms with E-state index in [0.717, 1.165) is 6.07 Å². The summed E-state index contributed by atoms with van der Waals surface area (Å²) < 4.78 is 45.8. The standard InChI is InChI=1S/C13H20ClFN2O3S/c1-4-20-8-9(2)17-21(18,19)11-5-10(7-16-3)13(14)12(15)6-11/h5-6,9,16-17H,4,7-8H2,1-3H3. The molecule has 0 aromatic heterocycles. The van der Waals surface area contributed by atoms with Crippen LogP contribution < -0.4 is 10.0 Å². The van der Waals surface area contributed by atoms with Gasteiger partial charge in [0.25, 0.3) is 0 Å². The van der Waals surface area contributed by atoms with Crippen molar-refractivity contribution in [2.75, 3.05) is 20.3 Å². The van der Waals surface area contributed by atoms with Gasteiger partial charge in [0.1, 0.15) is 5.82 Å². The zero-order valence-corrected chi connectivity index (χ0v) is 13.8. The maximum atomic E-state index is 13.8. The first kappa shape index (κ1) is 18.3. The van der Waals surface area contributed by atoms with Gasteiger partial charge in [-0.1, -0.05) is 11.6 Å². The van der Waals surface area contributed by atoms with Crippen molar-refractivity contribution in [1.82, 2.24) is 10.0 Å². The van der Waals surface area contributed by atoms with Crippen molar-refractivity contribution in [1.29, 1.82) is 0 Å². The summed E-state index contributed by atoms with van der Waals surface area (Å²) in [5.74, 6) is -0.762. The third-order valence-corrected chi connectivity index (χ3v) is 4.68. The molecular weight excluding hydrogens is 319 g/mol. The van der Waals surface area contributed by atoms with Gasteiger partial charge in [0.05, 0.1) is 16.5 Å². The number of benzene rings is 1. The molecule has 0 aliphatic rings. The molecule has 0 radical (unpaired) electrons. The molecule has 2 N–H and O–H groups in total. The molecule has 0 aliphatic heterocycles. The van der Waals surface area contributed by atoms with Gasteiger partial charge in [-0.3, -0.25) is 0 Å².